The number of nitrogen functional groups attached to an aromatic ring is 1. The first-order chi connectivity index (χ1) is 8.04. The van der Waals surface area contributed by atoms with Gasteiger partial charge in [-0.3, -0.25) is 10.1 Å². The van der Waals surface area contributed by atoms with E-state index in [9.17, 15) is 9.59 Å². The number of nitrogens with two attached hydrogens (primary N) is 1. The van der Waals surface area contributed by atoms with Crippen molar-refractivity contribution in [3.05, 3.63) is 12.4 Å². The maximum atomic E-state index is 11.5. The number of imide groups is 1. The zero-order valence-electron chi connectivity index (χ0n) is 9.43. The number of aromatic nitrogens is 2. The smallest absolute Gasteiger partial charge is 0.321 e. The fraction of sp³-hybridized carbons (Fsp3) is 0.333. The van der Waals surface area contributed by atoms with Crippen LogP contribution in [0.3, 0.4) is 0 Å². The molecule has 8 heteroatoms. The minimum atomic E-state index is -0.547. The molecule has 0 spiro atoms. The molecule has 1 rings (SSSR count). The van der Waals surface area contributed by atoms with Gasteiger partial charge in [0.25, 0.3) is 0 Å². The lowest BCUT2D eigenvalue weighted by Crippen LogP contribution is -2.41. The Balaban J connectivity index is 2.60. The Morgan fingerprint density at radius 3 is 2.65 bits per heavy atom. The van der Waals surface area contributed by atoms with E-state index in [-0.39, 0.29) is 5.82 Å². The molecule has 0 bridgehead atoms. The average molecular weight is 255 g/mol. The minimum Gasteiger partial charge on any atom is -0.381 e. The third kappa shape index (κ3) is 3.91. The summed E-state index contributed by atoms with van der Waals surface area (Å²) in [5.74, 6) is -0.156. The van der Waals surface area contributed by atoms with Crippen molar-refractivity contribution < 1.29 is 9.59 Å². The van der Waals surface area contributed by atoms with Gasteiger partial charge >= 0.3 is 6.03 Å². The predicted molar refractivity (Wildman–Crippen MR) is 64.4 cm³/mol. The molecule has 17 heavy (non-hydrogen) atoms. The molecule has 0 aromatic carbocycles. The molecule has 1 atom stereocenters. The van der Waals surface area contributed by atoms with Gasteiger partial charge in [0.05, 0.1) is 5.25 Å². The average Bonchev–Trinajstić information content (AvgIpc) is 2.31. The lowest BCUT2D eigenvalue weighted by molar-refractivity contribution is -0.119. The Bertz CT molecular complexity index is 426. The number of nitrogens with one attached hydrogen (secondary N) is 2. The Kier molecular flexibility index (Phi) is 4.70. The van der Waals surface area contributed by atoms with Gasteiger partial charge in [-0.15, -0.1) is 0 Å². The highest BCUT2D eigenvalue weighted by Crippen LogP contribution is 2.24. The predicted octanol–water partition coefficient (Wildman–Crippen LogP) is -0.00500. The van der Waals surface area contributed by atoms with Crippen LogP contribution in [0, 0.1) is 0 Å². The fourth-order valence-corrected chi connectivity index (χ4v) is 1.72. The summed E-state index contributed by atoms with van der Waals surface area (Å²) in [7, 11) is 1.43. The van der Waals surface area contributed by atoms with Crippen molar-refractivity contribution in [1.29, 1.82) is 0 Å². The molecule has 4 N–H and O–H groups in total. The number of hydrogen-bond acceptors (Lipinski definition) is 6. The molecule has 3 amide bonds. The molecule has 0 fully saturated rings. The van der Waals surface area contributed by atoms with E-state index < -0.39 is 17.2 Å². The molecule has 1 aromatic rings. The van der Waals surface area contributed by atoms with Crippen molar-refractivity contribution in [2.45, 2.75) is 17.2 Å². The van der Waals surface area contributed by atoms with Crippen molar-refractivity contribution in [2.75, 3.05) is 12.8 Å². The van der Waals surface area contributed by atoms with Crippen LogP contribution in [0.4, 0.5) is 10.6 Å². The van der Waals surface area contributed by atoms with E-state index in [1.807, 2.05) is 0 Å². The number of nitrogens with zero attached hydrogens (tertiary/aromatic N) is 2. The quantitative estimate of drug-likeness (QED) is 0.655. The number of amides is 3. The van der Waals surface area contributed by atoms with E-state index in [2.05, 4.69) is 20.6 Å². The van der Waals surface area contributed by atoms with Crippen LogP contribution in [-0.4, -0.2) is 34.2 Å². The van der Waals surface area contributed by atoms with Crippen LogP contribution in [0.5, 0.6) is 0 Å². The molecule has 0 aliphatic heterocycles. The van der Waals surface area contributed by atoms with Crippen LogP contribution >= 0.6 is 11.8 Å². The standard InChI is InChI=1S/C9H13N5O2S/c1-5(7(15)14-9(16)11-2)17-8-6(10)12-3-4-13-8/h3-5H,1-2H3,(H2,10,12)(H2,11,14,15,16). The maximum Gasteiger partial charge on any atom is 0.321 e. The number of carbonyl (C=O) groups is 2. The van der Waals surface area contributed by atoms with E-state index in [0.29, 0.717) is 5.03 Å². The summed E-state index contributed by atoms with van der Waals surface area (Å²) >= 11 is 1.14. The highest BCUT2D eigenvalue weighted by Gasteiger charge is 2.18. The first-order valence-electron chi connectivity index (χ1n) is 4.80. The van der Waals surface area contributed by atoms with Crippen molar-refractivity contribution >= 4 is 29.5 Å². The van der Waals surface area contributed by atoms with Gasteiger partial charge < -0.3 is 11.1 Å². The van der Waals surface area contributed by atoms with Gasteiger partial charge in [-0.2, -0.15) is 0 Å². The number of urea groups is 1. The van der Waals surface area contributed by atoms with Crippen LogP contribution in [0.15, 0.2) is 17.4 Å². The van der Waals surface area contributed by atoms with E-state index in [1.165, 1.54) is 19.4 Å². The van der Waals surface area contributed by atoms with E-state index >= 15 is 0 Å². The van der Waals surface area contributed by atoms with Gasteiger partial charge in [0, 0.05) is 19.4 Å². The zero-order chi connectivity index (χ0) is 12.8. The molecular weight excluding hydrogens is 242 g/mol. The second-order valence-corrected chi connectivity index (χ2v) is 4.40. The van der Waals surface area contributed by atoms with E-state index in [4.69, 9.17) is 5.73 Å². The van der Waals surface area contributed by atoms with Crippen LogP contribution in [0.1, 0.15) is 6.92 Å². The van der Waals surface area contributed by atoms with Crippen LogP contribution in [-0.2, 0) is 4.79 Å². The minimum absolute atomic E-state index is 0.261. The number of carbonyl (C=O) groups excluding carboxylic acids is 2. The Morgan fingerprint density at radius 1 is 1.41 bits per heavy atom. The van der Waals surface area contributed by atoms with E-state index in [1.54, 1.807) is 6.92 Å². The Labute approximate surface area is 103 Å². The molecule has 0 saturated carbocycles. The summed E-state index contributed by atoms with van der Waals surface area (Å²) in [6.45, 7) is 1.65. The fourth-order valence-electron chi connectivity index (χ4n) is 0.924. The molecule has 1 aromatic heterocycles. The highest BCUT2D eigenvalue weighted by molar-refractivity contribution is 8.00. The maximum absolute atomic E-state index is 11.5. The second-order valence-electron chi connectivity index (χ2n) is 3.08. The Hall–Kier alpha value is -1.83. The first kappa shape index (κ1) is 13.2. The molecule has 7 nitrogen and oxygen atoms in total. The number of thioether (sulfide) groups is 1. The van der Waals surface area contributed by atoms with Crippen LogP contribution in [0.2, 0.25) is 0 Å². The summed E-state index contributed by atoms with van der Waals surface area (Å²) in [6, 6.07) is -0.547. The summed E-state index contributed by atoms with van der Waals surface area (Å²) < 4.78 is 0. The van der Waals surface area contributed by atoms with E-state index in [0.717, 1.165) is 11.8 Å². The molecule has 0 aliphatic carbocycles. The third-order valence-corrected chi connectivity index (χ3v) is 2.92. The highest BCUT2D eigenvalue weighted by atomic mass is 32.2. The van der Waals surface area contributed by atoms with Crippen molar-refractivity contribution in [3.8, 4) is 0 Å². The van der Waals surface area contributed by atoms with Crippen molar-refractivity contribution in [2.24, 2.45) is 0 Å². The van der Waals surface area contributed by atoms with Crippen LogP contribution in [0.25, 0.3) is 0 Å². The van der Waals surface area contributed by atoms with Crippen LogP contribution < -0.4 is 16.4 Å². The molecular formula is C9H13N5O2S. The van der Waals surface area contributed by atoms with Crippen molar-refractivity contribution in [3.63, 3.8) is 0 Å². The van der Waals surface area contributed by atoms with Gasteiger partial charge in [0.15, 0.2) is 5.82 Å². The van der Waals surface area contributed by atoms with Crippen molar-refractivity contribution in [1.82, 2.24) is 20.6 Å². The summed E-state index contributed by atoms with van der Waals surface area (Å²) in [6.07, 6.45) is 2.96. The van der Waals surface area contributed by atoms with Gasteiger partial charge in [-0.1, -0.05) is 11.8 Å². The molecule has 0 radical (unpaired) electrons. The summed E-state index contributed by atoms with van der Waals surface area (Å²) in [5.41, 5.74) is 5.59. The summed E-state index contributed by atoms with van der Waals surface area (Å²) in [4.78, 5) is 30.3. The zero-order valence-corrected chi connectivity index (χ0v) is 10.2. The van der Waals surface area contributed by atoms with Gasteiger partial charge in [-0.05, 0) is 6.92 Å². The second kappa shape index (κ2) is 6.04. The molecule has 0 saturated heterocycles. The number of hydrogen-bond donors (Lipinski definition) is 3. The third-order valence-electron chi connectivity index (χ3n) is 1.81. The topological polar surface area (TPSA) is 110 Å². The lowest BCUT2D eigenvalue weighted by Gasteiger charge is -2.10. The SMILES string of the molecule is CNC(=O)NC(=O)C(C)Sc1nccnc1N. The number of rotatable bonds is 3. The van der Waals surface area contributed by atoms with Gasteiger partial charge in [0.1, 0.15) is 5.03 Å². The molecule has 92 valence electrons. The normalized spacial score (nSPS) is 11.6. The monoisotopic (exact) mass is 255 g/mol. The Morgan fingerprint density at radius 2 is 2.06 bits per heavy atom. The molecule has 1 heterocycles. The lowest BCUT2D eigenvalue weighted by atomic mass is 10.4. The van der Waals surface area contributed by atoms with Gasteiger partial charge in [-0.25, -0.2) is 14.8 Å². The molecule has 1 unspecified atom stereocenters. The largest absolute Gasteiger partial charge is 0.381 e. The molecule has 0 aliphatic rings. The number of anilines is 1. The first-order valence-corrected chi connectivity index (χ1v) is 5.68. The van der Waals surface area contributed by atoms with Gasteiger partial charge in [0.2, 0.25) is 5.91 Å². The summed E-state index contributed by atoms with van der Waals surface area (Å²) in [5, 5.41) is 4.43.